The van der Waals surface area contributed by atoms with Gasteiger partial charge in [-0.25, -0.2) is 0 Å². The van der Waals surface area contributed by atoms with Gasteiger partial charge in [0, 0.05) is 32.9 Å². The molecule has 0 amide bonds. The Labute approximate surface area is 208 Å². The van der Waals surface area contributed by atoms with Crippen molar-refractivity contribution in [2.24, 2.45) is 0 Å². The molecule has 0 bridgehead atoms. The van der Waals surface area contributed by atoms with Crippen LogP contribution in [0.2, 0.25) is 0 Å². The minimum Gasteiger partial charge on any atom is -0.455 e. The highest BCUT2D eigenvalue weighted by Gasteiger charge is 2.20. The fraction of sp³-hybridized carbons (Fsp3) is 0. The molecule has 0 atom stereocenters. The van der Waals surface area contributed by atoms with Crippen LogP contribution in [0.3, 0.4) is 0 Å². The number of nitriles is 1. The maximum absolute atomic E-state index is 9.34. The Morgan fingerprint density at radius 2 is 1.19 bits per heavy atom. The summed E-state index contributed by atoms with van der Waals surface area (Å²) in [5.41, 5.74) is 5.51. The van der Waals surface area contributed by atoms with Crippen molar-refractivity contribution in [3.63, 3.8) is 0 Å². The first kappa shape index (κ1) is 20.3. The monoisotopic (exact) mass is 460 g/mol. The summed E-state index contributed by atoms with van der Waals surface area (Å²) >= 11 is 0. The van der Waals surface area contributed by atoms with Crippen LogP contribution in [-0.2, 0) is 0 Å². The van der Waals surface area contributed by atoms with Crippen molar-refractivity contribution in [3.8, 4) is 6.07 Å². The fourth-order valence-electron chi connectivity index (χ4n) is 5.14. The second kappa shape index (κ2) is 8.01. The number of benzene rings is 6. The van der Waals surface area contributed by atoms with Crippen LogP contribution in [0, 0.1) is 11.3 Å². The SMILES string of the molecule is N#Cc1ccc(N(c2ccccc2)c2cc3c4cc5ccccc5cc4oc3c3ccccc23)cc1. The van der Waals surface area contributed by atoms with Gasteiger partial charge in [0.1, 0.15) is 11.2 Å². The molecule has 7 aromatic rings. The van der Waals surface area contributed by atoms with E-state index in [0.29, 0.717) is 5.56 Å². The lowest BCUT2D eigenvalue weighted by Gasteiger charge is -2.27. The lowest BCUT2D eigenvalue weighted by atomic mass is 10.0. The summed E-state index contributed by atoms with van der Waals surface area (Å²) in [6.07, 6.45) is 0. The zero-order valence-electron chi connectivity index (χ0n) is 19.3. The Bertz CT molecular complexity index is 1940. The lowest BCUT2D eigenvalue weighted by molar-refractivity contribution is 0.673. The molecule has 6 aromatic carbocycles. The van der Waals surface area contributed by atoms with Crippen molar-refractivity contribution in [2.45, 2.75) is 0 Å². The molecule has 3 nitrogen and oxygen atoms in total. The molecule has 0 spiro atoms. The van der Waals surface area contributed by atoms with Crippen molar-refractivity contribution >= 4 is 60.5 Å². The van der Waals surface area contributed by atoms with Crippen LogP contribution in [0.5, 0.6) is 0 Å². The largest absolute Gasteiger partial charge is 0.455 e. The van der Waals surface area contributed by atoms with Gasteiger partial charge in [0.2, 0.25) is 0 Å². The average Bonchev–Trinajstić information content (AvgIpc) is 3.30. The minimum absolute atomic E-state index is 0.639. The van der Waals surface area contributed by atoms with Gasteiger partial charge in [-0.15, -0.1) is 0 Å². The molecule has 0 N–H and O–H groups in total. The molecule has 0 aliphatic carbocycles. The molecule has 0 unspecified atom stereocenters. The smallest absolute Gasteiger partial charge is 0.143 e. The third-order valence-corrected chi connectivity index (χ3v) is 6.83. The van der Waals surface area contributed by atoms with Crippen LogP contribution < -0.4 is 4.90 Å². The van der Waals surface area contributed by atoms with E-state index in [1.807, 2.05) is 42.5 Å². The third-order valence-electron chi connectivity index (χ3n) is 6.83. The van der Waals surface area contributed by atoms with E-state index < -0.39 is 0 Å². The first-order chi connectivity index (χ1) is 17.8. The number of anilines is 3. The topological polar surface area (TPSA) is 40.2 Å². The predicted octanol–water partition coefficient (Wildman–Crippen LogP) is 9.23. The molecule has 7 rings (SSSR count). The van der Waals surface area contributed by atoms with E-state index in [-0.39, 0.29) is 0 Å². The molecular weight excluding hydrogens is 440 g/mol. The average molecular weight is 461 g/mol. The van der Waals surface area contributed by atoms with Gasteiger partial charge in [-0.05, 0) is 65.4 Å². The fourth-order valence-corrected chi connectivity index (χ4v) is 5.14. The van der Waals surface area contributed by atoms with Crippen molar-refractivity contribution in [1.82, 2.24) is 0 Å². The van der Waals surface area contributed by atoms with Gasteiger partial charge in [-0.3, -0.25) is 0 Å². The molecule has 0 aliphatic rings. The van der Waals surface area contributed by atoms with Crippen LogP contribution in [0.4, 0.5) is 17.1 Å². The van der Waals surface area contributed by atoms with E-state index in [9.17, 15) is 5.26 Å². The summed E-state index contributed by atoms with van der Waals surface area (Å²) in [5.74, 6) is 0. The third kappa shape index (κ3) is 3.13. The van der Waals surface area contributed by atoms with Gasteiger partial charge >= 0.3 is 0 Å². The minimum atomic E-state index is 0.639. The standard InChI is InChI=1S/C33H20N2O/c34-21-22-14-16-26(17-15-22)35(25-10-2-1-3-11-25)31-20-30-29-18-23-8-4-5-9-24(23)19-32(29)36-33(30)28-13-7-6-12-27(28)31/h1-20H. The molecule has 36 heavy (non-hydrogen) atoms. The van der Waals surface area contributed by atoms with E-state index in [0.717, 1.165) is 55.2 Å². The number of nitrogens with zero attached hydrogens (tertiary/aromatic N) is 2. The predicted molar refractivity (Wildman–Crippen MR) is 148 cm³/mol. The first-order valence-electron chi connectivity index (χ1n) is 11.9. The Morgan fingerprint density at radius 3 is 1.94 bits per heavy atom. The number of furan rings is 1. The van der Waals surface area contributed by atoms with E-state index in [2.05, 4.69) is 89.8 Å². The normalized spacial score (nSPS) is 11.3. The Balaban J connectivity index is 1.59. The zero-order valence-corrected chi connectivity index (χ0v) is 19.3. The molecule has 0 aliphatic heterocycles. The highest BCUT2D eigenvalue weighted by Crippen LogP contribution is 2.44. The number of para-hydroxylation sites is 1. The Kier molecular flexibility index (Phi) is 4.52. The first-order valence-corrected chi connectivity index (χ1v) is 11.9. The highest BCUT2D eigenvalue weighted by atomic mass is 16.3. The van der Waals surface area contributed by atoms with Crippen LogP contribution >= 0.6 is 0 Å². The summed E-state index contributed by atoms with van der Waals surface area (Å²) in [6, 6.07) is 43.7. The van der Waals surface area contributed by atoms with Crippen LogP contribution in [0.15, 0.2) is 126 Å². The van der Waals surface area contributed by atoms with Crippen molar-refractivity contribution < 1.29 is 4.42 Å². The van der Waals surface area contributed by atoms with Crippen molar-refractivity contribution in [3.05, 3.63) is 127 Å². The molecule has 1 heterocycles. The van der Waals surface area contributed by atoms with Crippen LogP contribution in [0.25, 0.3) is 43.5 Å². The second-order valence-corrected chi connectivity index (χ2v) is 8.95. The number of fused-ring (bicyclic) bond motifs is 6. The van der Waals surface area contributed by atoms with Crippen LogP contribution in [0.1, 0.15) is 5.56 Å². The second-order valence-electron chi connectivity index (χ2n) is 8.95. The summed E-state index contributed by atoms with van der Waals surface area (Å²) < 4.78 is 6.50. The maximum Gasteiger partial charge on any atom is 0.143 e. The number of rotatable bonds is 3. The molecule has 168 valence electrons. The summed E-state index contributed by atoms with van der Waals surface area (Å²) in [7, 11) is 0. The molecule has 0 saturated heterocycles. The van der Waals surface area contributed by atoms with E-state index in [4.69, 9.17) is 4.42 Å². The van der Waals surface area contributed by atoms with Gasteiger partial charge in [0.05, 0.1) is 17.3 Å². The van der Waals surface area contributed by atoms with Gasteiger partial charge < -0.3 is 9.32 Å². The van der Waals surface area contributed by atoms with E-state index in [1.165, 1.54) is 5.39 Å². The maximum atomic E-state index is 9.34. The van der Waals surface area contributed by atoms with Gasteiger partial charge in [-0.1, -0.05) is 66.7 Å². The summed E-state index contributed by atoms with van der Waals surface area (Å²) in [5, 5.41) is 16.0. The summed E-state index contributed by atoms with van der Waals surface area (Å²) in [6.45, 7) is 0. The molecule has 1 aromatic heterocycles. The molecule has 0 fully saturated rings. The van der Waals surface area contributed by atoms with Gasteiger partial charge in [-0.2, -0.15) is 5.26 Å². The van der Waals surface area contributed by atoms with Gasteiger partial charge in [0.15, 0.2) is 0 Å². The zero-order chi connectivity index (χ0) is 24.1. The quantitative estimate of drug-likeness (QED) is 0.264. The summed E-state index contributed by atoms with van der Waals surface area (Å²) in [4.78, 5) is 2.25. The molecule has 3 heteroatoms. The Hall–Kier alpha value is -5.07. The lowest BCUT2D eigenvalue weighted by Crippen LogP contribution is -2.10. The van der Waals surface area contributed by atoms with E-state index >= 15 is 0 Å². The Morgan fingerprint density at radius 1 is 0.556 bits per heavy atom. The highest BCUT2D eigenvalue weighted by molar-refractivity contribution is 6.21. The molecule has 0 radical (unpaired) electrons. The molecular formula is C33H20N2O. The van der Waals surface area contributed by atoms with E-state index in [1.54, 1.807) is 0 Å². The van der Waals surface area contributed by atoms with Crippen molar-refractivity contribution in [2.75, 3.05) is 4.90 Å². The number of hydrogen-bond acceptors (Lipinski definition) is 3. The molecule has 0 saturated carbocycles. The van der Waals surface area contributed by atoms with Crippen LogP contribution in [-0.4, -0.2) is 0 Å². The van der Waals surface area contributed by atoms with Gasteiger partial charge in [0.25, 0.3) is 0 Å². The number of hydrogen-bond donors (Lipinski definition) is 0. The van der Waals surface area contributed by atoms with Crippen molar-refractivity contribution in [1.29, 1.82) is 5.26 Å².